The maximum absolute atomic E-state index is 13.6. The normalized spacial score (nSPS) is 12.7. The fourth-order valence-electron chi connectivity index (χ4n) is 1.61. The molecule has 0 radical (unpaired) electrons. The fourth-order valence-corrected chi connectivity index (χ4v) is 2.57. The molecule has 0 spiro atoms. The first-order valence-corrected chi connectivity index (χ1v) is 6.58. The molecule has 0 saturated carbocycles. The Hall–Kier alpha value is -1.33. The summed E-state index contributed by atoms with van der Waals surface area (Å²) in [4.78, 5) is 4.36. The Morgan fingerprint density at radius 2 is 2.17 bits per heavy atom. The van der Waals surface area contributed by atoms with Gasteiger partial charge in [-0.25, -0.2) is 13.8 Å². The van der Waals surface area contributed by atoms with E-state index in [1.165, 1.54) is 23.5 Å². The Kier molecular flexibility index (Phi) is 4.04. The van der Waals surface area contributed by atoms with Crippen molar-refractivity contribution in [3.63, 3.8) is 0 Å². The number of benzene rings is 1. The van der Waals surface area contributed by atoms with E-state index in [1.54, 1.807) is 5.38 Å². The molecule has 5 heteroatoms. The smallest absolute Gasteiger partial charge is 0.135 e. The Bertz CT molecular complexity index is 540. The van der Waals surface area contributed by atoms with Crippen LogP contribution in [0.3, 0.4) is 0 Å². The summed E-state index contributed by atoms with van der Waals surface area (Å²) < 4.78 is 26.4. The van der Waals surface area contributed by atoms with Crippen molar-refractivity contribution in [2.45, 2.75) is 13.3 Å². The van der Waals surface area contributed by atoms with Crippen LogP contribution in [0.1, 0.15) is 11.9 Å². The van der Waals surface area contributed by atoms with Gasteiger partial charge in [-0.05, 0) is 24.6 Å². The lowest BCUT2D eigenvalue weighted by Crippen LogP contribution is -2.12. The highest BCUT2D eigenvalue weighted by molar-refractivity contribution is 7.09. The van der Waals surface area contributed by atoms with Crippen LogP contribution in [0.5, 0.6) is 0 Å². The number of aromatic nitrogens is 1. The quantitative estimate of drug-likeness (QED) is 0.924. The average Bonchev–Trinajstić information content (AvgIpc) is 2.77. The van der Waals surface area contributed by atoms with E-state index in [-0.39, 0.29) is 0 Å². The third-order valence-corrected chi connectivity index (χ3v) is 3.56. The van der Waals surface area contributed by atoms with Gasteiger partial charge in [0.25, 0.3) is 0 Å². The second-order valence-corrected chi connectivity index (χ2v) is 5.24. The first-order chi connectivity index (χ1) is 8.60. The second-order valence-electron chi connectivity index (χ2n) is 4.30. The van der Waals surface area contributed by atoms with Gasteiger partial charge in [0.1, 0.15) is 11.6 Å². The lowest BCUT2D eigenvalue weighted by molar-refractivity contribution is 0.584. The number of hydrogen-bond donors (Lipinski definition) is 1. The molecule has 0 saturated heterocycles. The van der Waals surface area contributed by atoms with Gasteiger partial charge in [0, 0.05) is 23.4 Å². The van der Waals surface area contributed by atoms with Crippen LogP contribution in [-0.2, 0) is 6.42 Å². The number of hydrogen-bond acceptors (Lipinski definition) is 3. The van der Waals surface area contributed by atoms with Crippen molar-refractivity contribution in [2.24, 2.45) is 11.7 Å². The zero-order valence-electron chi connectivity index (χ0n) is 9.99. The molecule has 0 fully saturated rings. The third kappa shape index (κ3) is 2.91. The van der Waals surface area contributed by atoms with E-state index in [9.17, 15) is 8.78 Å². The molecule has 1 atom stereocenters. The third-order valence-electron chi connectivity index (χ3n) is 2.68. The molecule has 0 amide bonds. The minimum Gasteiger partial charge on any atom is -0.330 e. The summed E-state index contributed by atoms with van der Waals surface area (Å²) in [5.74, 6) is -0.816. The topological polar surface area (TPSA) is 38.9 Å². The van der Waals surface area contributed by atoms with Crippen molar-refractivity contribution >= 4 is 11.3 Å². The minimum absolute atomic E-state index is 0.333. The lowest BCUT2D eigenvalue weighted by atomic mass is 10.1. The van der Waals surface area contributed by atoms with Crippen LogP contribution in [0.2, 0.25) is 0 Å². The van der Waals surface area contributed by atoms with Crippen molar-refractivity contribution in [3.05, 3.63) is 40.2 Å². The molecular formula is C13H14F2N2S. The summed E-state index contributed by atoms with van der Waals surface area (Å²) >= 11 is 1.47. The van der Waals surface area contributed by atoms with Crippen LogP contribution in [0.25, 0.3) is 11.3 Å². The first-order valence-electron chi connectivity index (χ1n) is 5.70. The number of nitrogens with two attached hydrogens (primary N) is 1. The average molecular weight is 268 g/mol. The maximum atomic E-state index is 13.6. The van der Waals surface area contributed by atoms with E-state index in [1.807, 2.05) is 6.92 Å². The number of halogens is 2. The van der Waals surface area contributed by atoms with Crippen LogP contribution in [-0.4, -0.2) is 11.5 Å². The Morgan fingerprint density at radius 1 is 1.39 bits per heavy atom. The van der Waals surface area contributed by atoms with Crippen molar-refractivity contribution in [2.75, 3.05) is 6.54 Å². The zero-order valence-corrected chi connectivity index (χ0v) is 10.8. The molecule has 1 aromatic heterocycles. The van der Waals surface area contributed by atoms with E-state index in [4.69, 9.17) is 5.73 Å². The summed E-state index contributed by atoms with van der Waals surface area (Å²) in [6.45, 7) is 2.64. The van der Waals surface area contributed by atoms with Crippen molar-refractivity contribution in [1.29, 1.82) is 0 Å². The van der Waals surface area contributed by atoms with Gasteiger partial charge < -0.3 is 5.73 Å². The summed E-state index contributed by atoms with van der Waals surface area (Å²) in [5, 5.41) is 2.71. The van der Waals surface area contributed by atoms with E-state index in [2.05, 4.69) is 4.98 Å². The fraction of sp³-hybridized carbons (Fsp3) is 0.308. The summed E-state index contributed by atoms with van der Waals surface area (Å²) in [6.07, 6.45) is 0.782. The molecule has 0 aliphatic heterocycles. The standard InChI is InChI=1S/C13H14F2N2S/c1-8(6-16)4-13-17-12(7-18-13)10-3-2-9(14)5-11(10)15/h2-3,5,7-8H,4,6,16H2,1H3. The van der Waals surface area contributed by atoms with Crippen LogP contribution < -0.4 is 5.73 Å². The molecule has 2 aromatic rings. The van der Waals surface area contributed by atoms with Gasteiger partial charge in [-0.3, -0.25) is 0 Å². The van der Waals surface area contributed by atoms with Crippen LogP contribution >= 0.6 is 11.3 Å². The van der Waals surface area contributed by atoms with Crippen molar-refractivity contribution < 1.29 is 8.78 Å². The van der Waals surface area contributed by atoms with Crippen LogP contribution in [0.15, 0.2) is 23.6 Å². The largest absolute Gasteiger partial charge is 0.330 e. The SMILES string of the molecule is CC(CN)Cc1nc(-c2ccc(F)cc2F)cs1. The number of thiazole rings is 1. The van der Waals surface area contributed by atoms with Crippen LogP contribution in [0, 0.1) is 17.6 Å². The van der Waals surface area contributed by atoms with E-state index >= 15 is 0 Å². The molecule has 18 heavy (non-hydrogen) atoms. The molecule has 0 bridgehead atoms. The van der Waals surface area contributed by atoms with Gasteiger partial charge in [0.05, 0.1) is 10.7 Å². The summed E-state index contributed by atoms with van der Waals surface area (Å²) in [6, 6.07) is 3.52. The highest BCUT2D eigenvalue weighted by Gasteiger charge is 2.11. The Balaban J connectivity index is 2.24. The van der Waals surface area contributed by atoms with E-state index < -0.39 is 11.6 Å². The van der Waals surface area contributed by atoms with Crippen LogP contribution in [0.4, 0.5) is 8.78 Å². The Morgan fingerprint density at radius 3 is 2.83 bits per heavy atom. The predicted molar refractivity (Wildman–Crippen MR) is 69.4 cm³/mol. The molecule has 1 heterocycles. The highest BCUT2D eigenvalue weighted by atomic mass is 32.1. The van der Waals surface area contributed by atoms with Crippen molar-refractivity contribution in [1.82, 2.24) is 4.98 Å². The molecule has 0 aliphatic rings. The summed E-state index contributed by atoms with van der Waals surface area (Å²) in [7, 11) is 0. The lowest BCUT2D eigenvalue weighted by Gasteiger charge is -2.04. The molecule has 0 aliphatic carbocycles. The molecule has 2 nitrogen and oxygen atoms in total. The number of nitrogens with zero attached hydrogens (tertiary/aromatic N) is 1. The van der Waals surface area contributed by atoms with Gasteiger partial charge in [-0.1, -0.05) is 6.92 Å². The molecule has 96 valence electrons. The van der Waals surface area contributed by atoms with Gasteiger partial charge >= 0.3 is 0 Å². The molecule has 2 N–H and O–H groups in total. The maximum Gasteiger partial charge on any atom is 0.135 e. The molecule has 1 unspecified atom stereocenters. The van der Waals surface area contributed by atoms with Gasteiger partial charge in [-0.2, -0.15) is 0 Å². The number of rotatable bonds is 4. The zero-order chi connectivity index (χ0) is 13.1. The predicted octanol–water partition coefficient (Wildman–Crippen LogP) is 3.23. The minimum atomic E-state index is -0.585. The van der Waals surface area contributed by atoms with Crippen molar-refractivity contribution in [3.8, 4) is 11.3 Å². The van der Waals surface area contributed by atoms with E-state index in [0.717, 1.165) is 17.5 Å². The van der Waals surface area contributed by atoms with Gasteiger partial charge in [-0.15, -0.1) is 11.3 Å². The summed E-state index contributed by atoms with van der Waals surface area (Å²) in [5.41, 5.74) is 6.44. The van der Waals surface area contributed by atoms with Gasteiger partial charge in [0.2, 0.25) is 0 Å². The monoisotopic (exact) mass is 268 g/mol. The Labute approximate surface area is 108 Å². The molecule has 1 aromatic carbocycles. The first kappa shape index (κ1) is 13.1. The molecular weight excluding hydrogens is 254 g/mol. The highest BCUT2D eigenvalue weighted by Crippen LogP contribution is 2.26. The molecule has 2 rings (SSSR count). The van der Waals surface area contributed by atoms with Gasteiger partial charge in [0.15, 0.2) is 0 Å². The van der Waals surface area contributed by atoms with E-state index in [0.29, 0.717) is 23.7 Å². The second kappa shape index (κ2) is 5.54.